The van der Waals surface area contributed by atoms with Crippen molar-refractivity contribution < 1.29 is 5.11 Å². The summed E-state index contributed by atoms with van der Waals surface area (Å²) in [5.74, 6) is 0. The summed E-state index contributed by atoms with van der Waals surface area (Å²) in [7, 11) is 2.09. The Balaban J connectivity index is 2.69. The van der Waals surface area contributed by atoms with Gasteiger partial charge in [-0.1, -0.05) is 0 Å². The summed E-state index contributed by atoms with van der Waals surface area (Å²) in [6.45, 7) is 11.3. The summed E-state index contributed by atoms with van der Waals surface area (Å²) >= 11 is 0. The Labute approximate surface area is 87.7 Å². The smallest absolute Gasteiger partial charge is 0.0599 e. The van der Waals surface area contributed by atoms with E-state index < -0.39 is 0 Å². The standard InChI is InChI=1S/C11H24N2O/c1-9-6-12(5)10(8-14)7-13(9)11(2,3)4/h9-10,14H,6-8H2,1-5H3. The molecule has 1 N–H and O–H groups in total. The van der Waals surface area contributed by atoms with Crippen LogP contribution in [0.5, 0.6) is 0 Å². The van der Waals surface area contributed by atoms with Gasteiger partial charge in [-0.2, -0.15) is 0 Å². The minimum Gasteiger partial charge on any atom is -0.395 e. The molecule has 1 aliphatic heterocycles. The second-order valence-corrected chi connectivity index (χ2v) is 5.45. The molecule has 0 amide bonds. The Kier molecular flexibility index (Phi) is 3.56. The van der Waals surface area contributed by atoms with Crippen molar-refractivity contribution in [3.63, 3.8) is 0 Å². The first-order valence-electron chi connectivity index (χ1n) is 5.44. The number of aliphatic hydroxyl groups excluding tert-OH is 1. The van der Waals surface area contributed by atoms with Gasteiger partial charge in [-0.25, -0.2) is 0 Å². The average Bonchev–Trinajstić information content (AvgIpc) is 2.02. The first-order chi connectivity index (χ1) is 6.36. The Morgan fingerprint density at radius 3 is 2.29 bits per heavy atom. The van der Waals surface area contributed by atoms with Crippen molar-refractivity contribution in [1.82, 2.24) is 9.80 Å². The van der Waals surface area contributed by atoms with Crippen LogP contribution in [0.4, 0.5) is 0 Å². The molecule has 14 heavy (non-hydrogen) atoms. The summed E-state index contributed by atoms with van der Waals surface area (Å²) in [6.07, 6.45) is 0. The maximum atomic E-state index is 9.26. The van der Waals surface area contributed by atoms with E-state index in [4.69, 9.17) is 0 Å². The van der Waals surface area contributed by atoms with Crippen molar-refractivity contribution in [2.75, 3.05) is 26.7 Å². The highest BCUT2D eigenvalue weighted by atomic mass is 16.3. The third-order valence-corrected chi connectivity index (χ3v) is 3.19. The molecule has 1 saturated heterocycles. The van der Waals surface area contributed by atoms with Gasteiger partial charge in [-0.3, -0.25) is 9.80 Å². The predicted octanol–water partition coefficient (Wildman–Crippen LogP) is 0.782. The van der Waals surface area contributed by atoms with Crippen LogP contribution < -0.4 is 0 Å². The summed E-state index contributed by atoms with van der Waals surface area (Å²) in [5.41, 5.74) is 0.202. The quantitative estimate of drug-likeness (QED) is 0.677. The van der Waals surface area contributed by atoms with Gasteiger partial charge in [0.05, 0.1) is 6.61 Å². The molecule has 84 valence electrons. The van der Waals surface area contributed by atoms with Crippen LogP contribution in [0, 0.1) is 0 Å². The van der Waals surface area contributed by atoms with Crippen molar-refractivity contribution in [3.05, 3.63) is 0 Å². The fourth-order valence-corrected chi connectivity index (χ4v) is 2.34. The minimum atomic E-state index is 0.202. The van der Waals surface area contributed by atoms with Crippen LogP contribution in [0.1, 0.15) is 27.7 Å². The minimum absolute atomic E-state index is 0.202. The van der Waals surface area contributed by atoms with Gasteiger partial charge in [0.15, 0.2) is 0 Å². The van der Waals surface area contributed by atoms with Crippen molar-refractivity contribution in [2.45, 2.75) is 45.3 Å². The zero-order valence-corrected chi connectivity index (χ0v) is 10.1. The first-order valence-corrected chi connectivity index (χ1v) is 5.44. The van der Waals surface area contributed by atoms with Gasteiger partial charge >= 0.3 is 0 Å². The lowest BCUT2D eigenvalue weighted by Crippen LogP contribution is -2.62. The zero-order chi connectivity index (χ0) is 10.9. The number of nitrogens with zero attached hydrogens (tertiary/aromatic N) is 2. The highest BCUT2D eigenvalue weighted by molar-refractivity contribution is 4.90. The molecule has 0 aromatic rings. The highest BCUT2D eigenvalue weighted by Gasteiger charge is 2.34. The van der Waals surface area contributed by atoms with Crippen molar-refractivity contribution >= 4 is 0 Å². The Morgan fingerprint density at radius 2 is 1.86 bits per heavy atom. The number of hydrogen-bond acceptors (Lipinski definition) is 3. The molecule has 2 atom stereocenters. The van der Waals surface area contributed by atoms with Gasteiger partial charge in [-0.05, 0) is 34.7 Å². The van der Waals surface area contributed by atoms with E-state index in [1.807, 2.05) is 0 Å². The van der Waals surface area contributed by atoms with E-state index in [2.05, 4.69) is 44.5 Å². The lowest BCUT2D eigenvalue weighted by Gasteiger charge is -2.49. The average molecular weight is 200 g/mol. The first kappa shape index (κ1) is 12.0. The predicted molar refractivity (Wildman–Crippen MR) is 59.4 cm³/mol. The summed E-state index contributed by atoms with van der Waals surface area (Å²) < 4.78 is 0. The fraction of sp³-hybridized carbons (Fsp3) is 1.00. The molecule has 0 spiro atoms. The monoisotopic (exact) mass is 200 g/mol. The van der Waals surface area contributed by atoms with Crippen molar-refractivity contribution in [1.29, 1.82) is 0 Å². The molecule has 0 aromatic heterocycles. The van der Waals surface area contributed by atoms with E-state index in [9.17, 15) is 5.11 Å². The number of hydrogen-bond donors (Lipinski definition) is 1. The van der Waals surface area contributed by atoms with Crippen molar-refractivity contribution in [2.24, 2.45) is 0 Å². The largest absolute Gasteiger partial charge is 0.395 e. The Bertz CT molecular complexity index is 188. The third kappa shape index (κ3) is 2.47. The van der Waals surface area contributed by atoms with Gasteiger partial charge in [0.25, 0.3) is 0 Å². The lowest BCUT2D eigenvalue weighted by molar-refractivity contribution is -0.0214. The van der Waals surface area contributed by atoms with Crippen molar-refractivity contribution in [3.8, 4) is 0 Å². The number of aliphatic hydroxyl groups is 1. The molecule has 1 rings (SSSR count). The number of rotatable bonds is 1. The normalized spacial score (nSPS) is 32.1. The second kappa shape index (κ2) is 4.17. The molecule has 1 aliphatic rings. The van der Waals surface area contributed by atoms with E-state index in [0.717, 1.165) is 13.1 Å². The van der Waals surface area contributed by atoms with Crippen LogP contribution in [0.25, 0.3) is 0 Å². The van der Waals surface area contributed by atoms with E-state index in [0.29, 0.717) is 12.1 Å². The molecule has 1 heterocycles. The van der Waals surface area contributed by atoms with Gasteiger partial charge in [-0.15, -0.1) is 0 Å². The topological polar surface area (TPSA) is 26.7 Å². The lowest BCUT2D eigenvalue weighted by atomic mass is 9.98. The van der Waals surface area contributed by atoms with Gasteiger partial charge in [0, 0.05) is 30.7 Å². The number of piperazine rings is 1. The van der Waals surface area contributed by atoms with Crippen LogP contribution in [0.2, 0.25) is 0 Å². The number of likely N-dealkylation sites (N-methyl/N-ethyl adjacent to an activating group) is 1. The molecule has 0 radical (unpaired) electrons. The SMILES string of the molecule is CC1CN(C)C(CO)CN1C(C)(C)C. The van der Waals surface area contributed by atoms with Crippen LogP contribution >= 0.6 is 0 Å². The van der Waals surface area contributed by atoms with Gasteiger partial charge in [0.2, 0.25) is 0 Å². The molecule has 0 aliphatic carbocycles. The maximum Gasteiger partial charge on any atom is 0.0599 e. The second-order valence-electron chi connectivity index (χ2n) is 5.45. The van der Waals surface area contributed by atoms with Crippen LogP contribution in [0.15, 0.2) is 0 Å². The zero-order valence-electron chi connectivity index (χ0n) is 10.1. The van der Waals surface area contributed by atoms with Gasteiger partial charge in [0.1, 0.15) is 0 Å². The maximum absolute atomic E-state index is 9.26. The van der Waals surface area contributed by atoms with Crippen LogP contribution in [0.3, 0.4) is 0 Å². The fourth-order valence-electron chi connectivity index (χ4n) is 2.34. The third-order valence-electron chi connectivity index (χ3n) is 3.19. The molecule has 0 saturated carbocycles. The molecule has 0 aromatic carbocycles. The van der Waals surface area contributed by atoms with Crippen LogP contribution in [-0.2, 0) is 0 Å². The molecule has 3 heteroatoms. The summed E-state index contributed by atoms with van der Waals surface area (Å²) in [4.78, 5) is 4.74. The molecule has 0 bridgehead atoms. The molecule has 2 unspecified atom stereocenters. The molecule has 1 fully saturated rings. The Hall–Kier alpha value is -0.120. The van der Waals surface area contributed by atoms with Crippen LogP contribution in [-0.4, -0.2) is 59.3 Å². The summed E-state index contributed by atoms with van der Waals surface area (Å²) in [5, 5.41) is 9.26. The van der Waals surface area contributed by atoms with E-state index >= 15 is 0 Å². The molecular weight excluding hydrogens is 176 g/mol. The Morgan fingerprint density at radius 1 is 1.29 bits per heavy atom. The highest BCUT2D eigenvalue weighted by Crippen LogP contribution is 2.22. The van der Waals surface area contributed by atoms with E-state index in [-0.39, 0.29) is 12.1 Å². The summed E-state index contributed by atoms with van der Waals surface area (Å²) in [6, 6.07) is 0.869. The van der Waals surface area contributed by atoms with Gasteiger partial charge < -0.3 is 5.11 Å². The van der Waals surface area contributed by atoms with E-state index in [1.54, 1.807) is 0 Å². The van der Waals surface area contributed by atoms with E-state index in [1.165, 1.54) is 0 Å². The molecular formula is C11H24N2O. The molecule has 3 nitrogen and oxygen atoms in total.